The molecule has 6 nitrogen and oxygen atoms in total. The summed E-state index contributed by atoms with van der Waals surface area (Å²) in [6, 6.07) is 0. The van der Waals surface area contributed by atoms with Crippen LogP contribution in [0.2, 0.25) is 0 Å². The second kappa shape index (κ2) is 4.88. The van der Waals surface area contributed by atoms with E-state index in [1.54, 1.807) is 11.0 Å². The second-order valence-electron chi connectivity index (χ2n) is 4.17. The van der Waals surface area contributed by atoms with E-state index in [4.69, 9.17) is 5.73 Å². The fraction of sp³-hybridized carbons (Fsp3) is 0.667. The molecule has 3 N–H and O–H groups in total. The normalized spacial score (nSPS) is 11.4. The van der Waals surface area contributed by atoms with Crippen molar-refractivity contribution in [2.75, 3.05) is 6.54 Å². The Morgan fingerprint density at radius 3 is 2.87 bits per heavy atom. The van der Waals surface area contributed by atoms with Crippen LogP contribution < -0.4 is 11.1 Å². The lowest BCUT2D eigenvalue weighted by atomic mass is 10.1. The van der Waals surface area contributed by atoms with Gasteiger partial charge in [-0.25, -0.2) is 4.98 Å². The number of aryl methyl sites for hydroxylation is 1. The van der Waals surface area contributed by atoms with Crippen LogP contribution in [0.5, 0.6) is 0 Å². The van der Waals surface area contributed by atoms with Gasteiger partial charge < -0.3 is 11.1 Å². The van der Waals surface area contributed by atoms with E-state index in [1.807, 2.05) is 13.8 Å². The van der Waals surface area contributed by atoms with Crippen LogP contribution >= 0.6 is 0 Å². The number of aromatic nitrogens is 3. The van der Waals surface area contributed by atoms with Crippen molar-refractivity contribution in [1.29, 1.82) is 0 Å². The molecule has 0 aliphatic carbocycles. The number of rotatable bonds is 5. The molecule has 0 atom stereocenters. The fourth-order valence-corrected chi connectivity index (χ4v) is 0.979. The number of carbonyl (C=O) groups is 1. The smallest absolute Gasteiger partial charge is 0.221 e. The van der Waals surface area contributed by atoms with E-state index in [2.05, 4.69) is 15.4 Å². The molecular weight excluding hydrogens is 194 g/mol. The maximum absolute atomic E-state index is 11.4. The lowest BCUT2D eigenvalue weighted by molar-refractivity contribution is -0.121. The Balaban J connectivity index is 2.20. The summed E-state index contributed by atoms with van der Waals surface area (Å²) >= 11 is 0. The van der Waals surface area contributed by atoms with Gasteiger partial charge in [-0.2, -0.15) is 5.10 Å². The van der Waals surface area contributed by atoms with E-state index >= 15 is 0 Å². The van der Waals surface area contributed by atoms with Gasteiger partial charge in [0.1, 0.15) is 12.7 Å². The van der Waals surface area contributed by atoms with Gasteiger partial charge in [0.25, 0.3) is 0 Å². The summed E-state index contributed by atoms with van der Waals surface area (Å²) in [4.78, 5) is 15.1. The Morgan fingerprint density at radius 1 is 1.60 bits per heavy atom. The third kappa shape index (κ3) is 5.11. The highest BCUT2D eigenvalue weighted by molar-refractivity contribution is 5.75. The number of nitrogens with zero attached hydrogens (tertiary/aromatic N) is 3. The van der Waals surface area contributed by atoms with Gasteiger partial charge in [0.05, 0.1) is 6.54 Å². The van der Waals surface area contributed by atoms with E-state index in [0.29, 0.717) is 19.5 Å². The quantitative estimate of drug-likeness (QED) is 0.689. The van der Waals surface area contributed by atoms with Crippen LogP contribution in [0.4, 0.5) is 0 Å². The molecule has 0 bridgehead atoms. The molecule has 0 aliphatic rings. The Bertz CT molecular complexity index is 301. The highest BCUT2D eigenvalue weighted by atomic mass is 16.1. The molecule has 0 aromatic carbocycles. The number of nitrogens with two attached hydrogens (primary N) is 1. The molecule has 0 fully saturated rings. The molecule has 0 unspecified atom stereocenters. The molecule has 15 heavy (non-hydrogen) atoms. The molecule has 0 radical (unpaired) electrons. The molecule has 0 aliphatic heterocycles. The minimum Gasteiger partial charge on any atom is -0.354 e. The summed E-state index contributed by atoms with van der Waals surface area (Å²) in [5, 5.41) is 6.66. The minimum absolute atomic E-state index is 0.0241. The second-order valence-corrected chi connectivity index (χ2v) is 4.17. The van der Waals surface area contributed by atoms with E-state index in [-0.39, 0.29) is 11.4 Å². The standard InChI is InChI=1S/C9H17N5O/c1-9(2,10)5-12-8(15)3-4-14-7-11-6-13-14/h6-7H,3-5,10H2,1-2H3,(H,12,15). The summed E-state index contributed by atoms with van der Waals surface area (Å²) in [5.74, 6) is -0.0241. The zero-order chi connectivity index (χ0) is 11.3. The average Bonchev–Trinajstić information content (AvgIpc) is 2.62. The van der Waals surface area contributed by atoms with Crippen molar-refractivity contribution >= 4 is 5.91 Å². The van der Waals surface area contributed by atoms with Crippen molar-refractivity contribution in [2.24, 2.45) is 5.73 Å². The van der Waals surface area contributed by atoms with Crippen LogP contribution in [0, 0.1) is 0 Å². The van der Waals surface area contributed by atoms with Crippen LogP contribution in [0.3, 0.4) is 0 Å². The number of hydrogen-bond acceptors (Lipinski definition) is 4. The Labute approximate surface area is 88.9 Å². The third-order valence-corrected chi connectivity index (χ3v) is 1.78. The summed E-state index contributed by atoms with van der Waals surface area (Å²) in [6.07, 6.45) is 3.42. The SMILES string of the molecule is CC(C)(N)CNC(=O)CCn1cncn1. The van der Waals surface area contributed by atoms with Crippen LogP contribution in [-0.2, 0) is 11.3 Å². The molecule has 0 spiro atoms. The van der Waals surface area contributed by atoms with Crippen molar-refractivity contribution < 1.29 is 4.79 Å². The van der Waals surface area contributed by atoms with Crippen LogP contribution in [-0.4, -0.2) is 32.8 Å². The first-order chi connectivity index (χ1) is 6.97. The van der Waals surface area contributed by atoms with Gasteiger partial charge in [-0.05, 0) is 13.8 Å². The van der Waals surface area contributed by atoms with Crippen molar-refractivity contribution in [1.82, 2.24) is 20.1 Å². The first-order valence-electron chi connectivity index (χ1n) is 4.85. The fourth-order valence-electron chi connectivity index (χ4n) is 0.979. The molecule has 1 heterocycles. The third-order valence-electron chi connectivity index (χ3n) is 1.78. The van der Waals surface area contributed by atoms with Gasteiger partial charge in [0.2, 0.25) is 5.91 Å². The first-order valence-corrected chi connectivity index (χ1v) is 4.85. The molecule has 6 heteroatoms. The Hall–Kier alpha value is -1.43. The molecular formula is C9H17N5O. The zero-order valence-electron chi connectivity index (χ0n) is 9.10. The maximum atomic E-state index is 11.4. The highest BCUT2D eigenvalue weighted by Gasteiger charge is 2.11. The molecule has 0 saturated carbocycles. The Kier molecular flexibility index (Phi) is 3.79. The van der Waals surface area contributed by atoms with Gasteiger partial charge in [-0.15, -0.1) is 0 Å². The lowest BCUT2D eigenvalue weighted by Crippen LogP contribution is -2.45. The predicted molar refractivity (Wildman–Crippen MR) is 55.9 cm³/mol. The summed E-state index contributed by atoms with van der Waals surface area (Å²) < 4.78 is 1.62. The number of nitrogens with one attached hydrogen (secondary N) is 1. The van der Waals surface area contributed by atoms with Gasteiger partial charge in [0.15, 0.2) is 0 Å². The first kappa shape index (κ1) is 11.6. The van der Waals surface area contributed by atoms with Crippen molar-refractivity contribution in [3.63, 3.8) is 0 Å². The number of hydrogen-bond donors (Lipinski definition) is 2. The summed E-state index contributed by atoms with van der Waals surface area (Å²) in [5.41, 5.74) is 5.36. The van der Waals surface area contributed by atoms with Gasteiger partial charge in [-0.1, -0.05) is 0 Å². The van der Waals surface area contributed by atoms with E-state index in [1.165, 1.54) is 6.33 Å². The molecule has 1 aromatic rings. The van der Waals surface area contributed by atoms with Gasteiger partial charge in [-0.3, -0.25) is 9.48 Å². The van der Waals surface area contributed by atoms with E-state index in [9.17, 15) is 4.79 Å². The minimum atomic E-state index is -0.372. The van der Waals surface area contributed by atoms with Crippen LogP contribution in [0.15, 0.2) is 12.7 Å². The largest absolute Gasteiger partial charge is 0.354 e. The summed E-state index contributed by atoms with van der Waals surface area (Å²) in [7, 11) is 0. The van der Waals surface area contributed by atoms with Gasteiger partial charge >= 0.3 is 0 Å². The molecule has 1 amide bonds. The molecule has 0 saturated heterocycles. The number of carbonyl (C=O) groups excluding carboxylic acids is 1. The predicted octanol–water partition coefficient (Wildman–Crippen LogP) is -0.478. The summed E-state index contributed by atoms with van der Waals surface area (Å²) in [6.45, 7) is 4.75. The van der Waals surface area contributed by atoms with Gasteiger partial charge in [0, 0.05) is 18.5 Å². The topological polar surface area (TPSA) is 85.8 Å². The van der Waals surface area contributed by atoms with Crippen LogP contribution in [0.1, 0.15) is 20.3 Å². The number of amides is 1. The average molecular weight is 211 g/mol. The maximum Gasteiger partial charge on any atom is 0.221 e. The lowest BCUT2D eigenvalue weighted by Gasteiger charge is -2.18. The monoisotopic (exact) mass is 211 g/mol. The van der Waals surface area contributed by atoms with Crippen molar-refractivity contribution in [3.8, 4) is 0 Å². The molecule has 84 valence electrons. The van der Waals surface area contributed by atoms with E-state index in [0.717, 1.165) is 0 Å². The van der Waals surface area contributed by atoms with Crippen molar-refractivity contribution in [2.45, 2.75) is 32.4 Å². The van der Waals surface area contributed by atoms with Crippen LogP contribution in [0.25, 0.3) is 0 Å². The Morgan fingerprint density at radius 2 is 2.33 bits per heavy atom. The van der Waals surface area contributed by atoms with Crippen molar-refractivity contribution in [3.05, 3.63) is 12.7 Å². The van der Waals surface area contributed by atoms with E-state index < -0.39 is 0 Å². The zero-order valence-corrected chi connectivity index (χ0v) is 9.10. The molecule has 1 aromatic heterocycles. The molecule has 1 rings (SSSR count). The highest BCUT2D eigenvalue weighted by Crippen LogP contribution is 1.94.